The lowest BCUT2D eigenvalue weighted by Gasteiger charge is -2.05. The lowest BCUT2D eigenvalue weighted by molar-refractivity contribution is 0.0910. The Kier molecular flexibility index (Phi) is 10.7. The molecule has 0 saturated carbocycles. The van der Waals surface area contributed by atoms with Gasteiger partial charge in [-0.1, -0.05) is 6.92 Å². The van der Waals surface area contributed by atoms with E-state index in [0.717, 1.165) is 32.7 Å². The van der Waals surface area contributed by atoms with E-state index in [4.69, 9.17) is 4.84 Å². The molecule has 0 aliphatic heterocycles. The Labute approximate surface area is 75.0 Å². The molecule has 0 atom stereocenters. The molecule has 0 rings (SSSR count). The maximum atomic E-state index is 4.69. The van der Waals surface area contributed by atoms with Gasteiger partial charge in [-0.25, -0.2) is 5.48 Å². The van der Waals surface area contributed by atoms with Gasteiger partial charge in [-0.3, -0.25) is 0 Å². The predicted molar refractivity (Wildman–Crippen MR) is 50.8 cm³/mol. The Morgan fingerprint density at radius 2 is 1.83 bits per heavy atom. The minimum atomic E-state index is 0.900. The second kappa shape index (κ2) is 10.8. The summed E-state index contributed by atoms with van der Waals surface area (Å²) in [6.07, 6.45) is 2.27. The Morgan fingerprint density at radius 1 is 1.08 bits per heavy atom. The largest absolute Gasteiger partial charge is 0.305 e. The molecule has 0 aromatic rings. The van der Waals surface area contributed by atoms with Crippen LogP contribution in [0.1, 0.15) is 19.8 Å². The molecule has 0 bridgehead atoms. The maximum Gasteiger partial charge on any atom is 0.0572 e. The monoisotopic (exact) mass is 175 g/mol. The molecular weight excluding hydrogens is 154 g/mol. The lowest BCUT2D eigenvalue weighted by atomic mass is 10.4. The van der Waals surface area contributed by atoms with Gasteiger partial charge in [0, 0.05) is 13.2 Å². The second-order valence-corrected chi connectivity index (χ2v) is 2.63. The zero-order chi connectivity index (χ0) is 9.07. The first-order chi connectivity index (χ1) is 5.91. The molecule has 0 radical (unpaired) electrons. The summed E-state index contributed by atoms with van der Waals surface area (Å²) in [7, 11) is 1.64. The third kappa shape index (κ3) is 9.84. The SMILES string of the molecule is CCCNCNCCCNOC. The Bertz CT molecular complexity index is 70.7. The minimum Gasteiger partial charge on any atom is -0.305 e. The molecule has 3 N–H and O–H groups in total. The first-order valence-electron chi connectivity index (χ1n) is 4.59. The molecule has 0 amide bonds. The van der Waals surface area contributed by atoms with Gasteiger partial charge in [-0.05, 0) is 25.9 Å². The molecular formula is C8H21N3O. The van der Waals surface area contributed by atoms with Crippen molar-refractivity contribution >= 4 is 0 Å². The molecule has 0 aliphatic carbocycles. The molecule has 0 spiro atoms. The van der Waals surface area contributed by atoms with Crippen LogP contribution in [-0.2, 0) is 4.84 Å². The summed E-state index contributed by atoms with van der Waals surface area (Å²) >= 11 is 0. The van der Waals surface area contributed by atoms with Gasteiger partial charge in [-0.2, -0.15) is 0 Å². The highest BCUT2D eigenvalue weighted by molar-refractivity contribution is 4.47. The van der Waals surface area contributed by atoms with Crippen molar-refractivity contribution in [3.05, 3.63) is 0 Å². The van der Waals surface area contributed by atoms with E-state index in [1.54, 1.807) is 7.11 Å². The van der Waals surface area contributed by atoms with E-state index >= 15 is 0 Å². The first-order valence-corrected chi connectivity index (χ1v) is 4.59. The number of nitrogens with one attached hydrogen (secondary N) is 3. The molecule has 0 unspecified atom stereocenters. The summed E-state index contributed by atoms with van der Waals surface area (Å²) in [4.78, 5) is 4.69. The molecule has 0 aliphatic rings. The highest BCUT2D eigenvalue weighted by Crippen LogP contribution is 1.72. The molecule has 0 aromatic heterocycles. The summed E-state index contributed by atoms with van der Waals surface area (Å²) in [5, 5.41) is 6.54. The third-order valence-electron chi connectivity index (χ3n) is 1.45. The molecule has 0 aromatic carbocycles. The van der Waals surface area contributed by atoms with E-state index < -0.39 is 0 Å². The van der Waals surface area contributed by atoms with Crippen molar-refractivity contribution in [2.45, 2.75) is 19.8 Å². The van der Waals surface area contributed by atoms with Crippen LogP contribution >= 0.6 is 0 Å². The Balaban J connectivity index is 2.73. The molecule has 12 heavy (non-hydrogen) atoms. The minimum absolute atomic E-state index is 0.900. The van der Waals surface area contributed by atoms with Crippen molar-refractivity contribution in [3.63, 3.8) is 0 Å². The second-order valence-electron chi connectivity index (χ2n) is 2.63. The average molecular weight is 175 g/mol. The van der Waals surface area contributed by atoms with E-state index in [9.17, 15) is 0 Å². The summed E-state index contributed by atoms with van der Waals surface area (Å²) in [5.74, 6) is 0. The highest BCUT2D eigenvalue weighted by Gasteiger charge is 1.86. The maximum absolute atomic E-state index is 4.69. The summed E-state index contributed by atoms with van der Waals surface area (Å²) in [6, 6.07) is 0. The quantitative estimate of drug-likeness (QED) is 0.264. The number of hydrogen-bond acceptors (Lipinski definition) is 4. The van der Waals surface area contributed by atoms with E-state index in [1.165, 1.54) is 6.42 Å². The third-order valence-corrected chi connectivity index (χ3v) is 1.45. The van der Waals surface area contributed by atoms with Gasteiger partial charge in [0.25, 0.3) is 0 Å². The van der Waals surface area contributed by atoms with Crippen LogP contribution < -0.4 is 16.1 Å². The summed E-state index contributed by atoms with van der Waals surface area (Å²) in [5.41, 5.74) is 2.79. The Morgan fingerprint density at radius 3 is 2.50 bits per heavy atom. The van der Waals surface area contributed by atoms with Gasteiger partial charge in [-0.15, -0.1) is 0 Å². The molecule has 4 heteroatoms. The van der Waals surface area contributed by atoms with Crippen LogP contribution in [0, 0.1) is 0 Å². The molecule has 74 valence electrons. The van der Waals surface area contributed by atoms with Crippen LogP contribution in [0.15, 0.2) is 0 Å². The normalized spacial score (nSPS) is 10.5. The Hall–Kier alpha value is -0.160. The van der Waals surface area contributed by atoms with Crippen LogP contribution in [0.2, 0.25) is 0 Å². The van der Waals surface area contributed by atoms with Crippen LogP contribution in [0.3, 0.4) is 0 Å². The molecule has 4 nitrogen and oxygen atoms in total. The van der Waals surface area contributed by atoms with E-state index in [2.05, 4.69) is 23.0 Å². The van der Waals surface area contributed by atoms with Crippen molar-refractivity contribution in [1.82, 2.24) is 16.1 Å². The summed E-state index contributed by atoms with van der Waals surface area (Å²) < 4.78 is 0. The van der Waals surface area contributed by atoms with Crippen LogP contribution in [0.25, 0.3) is 0 Å². The van der Waals surface area contributed by atoms with Crippen LogP contribution in [0.5, 0.6) is 0 Å². The smallest absolute Gasteiger partial charge is 0.0572 e. The topological polar surface area (TPSA) is 45.3 Å². The first kappa shape index (κ1) is 11.8. The van der Waals surface area contributed by atoms with E-state index in [0.29, 0.717) is 0 Å². The number of hydrogen-bond donors (Lipinski definition) is 3. The molecule has 0 saturated heterocycles. The fourth-order valence-electron chi connectivity index (χ4n) is 0.830. The van der Waals surface area contributed by atoms with Crippen LogP contribution in [0.4, 0.5) is 0 Å². The molecule has 0 heterocycles. The zero-order valence-corrected chi connectivity index (χ0v) is 8.15. The van der Waals surface area contributed by atoms with Crippen molar-refractivity contribution in [1.29, 1.82) is 0 Å². The van der Waals surface area contributed by atoms with Crippen molar-refractivity contribution in [3.8, 4) is 0 Å². The van der Waals surface area contributed by atoms with Gasteiger partial charge < -0.3 is 15.5 Å². The van der Waals surface area contributed by atoms with Crippen LogP contribution in [-0.4, -0.2) is 33.4 Å². The van der Waals surface area contributed by atoms with Gasteiger partial charge in [0.1, 0.15) is 0 Å². The number of hydroxylamine groups is 1. The predicted octanol–water partition coefficient (Wildman–Crippen LogP) is 0.0742. The van der Waals surface area contributed by atoms with Gasteiger partial charge in [0.15, 0.2) is 0 Å². The number of rotatable bonds is 9. The van der Waals surface area contributed by atoms with Gasteiger partial charge >= 0.3 is 0 Å². The van der Waals surface area contributed by atoms with Crippen molar-refractivity contribution in [2.24, 2.45) is 0 Å². The van der Waals surface area contributed by atoms with Gasteiger partial charge in [0.05, 0.1) is 7.11 Å². The van der Waals surface area contributed by atoms with Gasteiger partial charge in [0.2, 0.25) is 0 Å². The summed E-state index contributed by atoms with van der Waals surface area (Å²) in [6.45, 7) is 6.07. The van der Waals surface area contributed by atoms with Crippen molar-refractivity contribution < 1.29 is 4.84 Å². The molecule has 0 fully saturated rings. The lowest BCUT2D eigenvalue weighted by Crippen LogP contribution is -2.31. The van der Waals surface area contributed by atoms with E-state index in [1.807, 2.05) is 0 Å². The highest BCUT2D eigenvalue weighted by atomic mass is 16.6. The zero-order valence-electron chi connectivity index (χ0n) is 8.15. The fourth-order valence-corrected chi connectivity index (χ4v) is 0.830. The standard InChI is InChI=1S/C8H21N3O/c1-3-5-9-8-10-6-4-7-11-12-2/h9-11H,3-8H2,1-2H3. The van der Waals surface area contributed by atoms with E-state index in [-0.39, 0.29) is 0 Å². The van der Waals surface area contributed by atoms with Crippen molar-refractivity contribution in [2.75, 3.05) is 33.4 Å². The average Bonchev–Trinajstić information content (AvgIpc) is 2.10. The fraction of sp³-hybridized carbons (Fsp3) is 1.00.